The number of hydrogen-bond donors (Lipinski definition) is 0. The van der Waals surface area contributed by atoms with Crippen molar-refractivity contribution >= 4 is 53.4 Å². The molecule has 1 atom stereocenters. The van der Waals surface area contributed by atoms with Crippen molar-refractivity contribution in [3.05, 3.63) is 168 Å². The van der Waals surface area contributed by atoms with E-state index in [4.69, 9.17) is 4.42 Å². The predicted octanol–water partition coefficient (Wildman–Crippen LogP) is 13.0. The lowest BCUT2D eigenvalue weighted by atomic mass is 9.89. The SMILES string of the molecule is c1ccc(-c2ccc3c(c2)-c2ccccc2[C@@H]3CCc2ccc3c(c2)oc2cccc(-c4cccc5sc6ccccc6c45)c23)cc1. The highest BCUT2D eigenvalue weighted by molar-refractivity contribution is 7.25. The first kappa shape index (κ1) is 26.7. The van der Waals surface area contributed by atoms with Gasteiger partial charge in [0, 0.05) is 36.9 Å². The summed E-state index contributed by atoms with van der Waals surface area (Å²) in [5.74, 6) is 0.380. The Balaban J connectivity index is 1.01. The third kappa shape index (κ3) is 4.22. The summed E-state index contributed by atoms with van der Waals surface area (Å²) >= 11 is 1.87. The Morgan fingerprint density at radius 2 is 1.21 bits per heavy atom. The number of fused-ring (bicyclic) bond motifs is 9. The zero-order valence-electron chi connectivity index (χ0n) is 25.7. The summed E-state index contributed by atoms with van der Waals surface area (Å²) in [4.78, 5) is 0. The van der Waals surface area contributed by atoms with Gasteiger partial charge in [-0.05, 0) is 93.2 Å². The summed E-state index contributed by atoms with van der Waals surface area (Å²) in [6.07, 6.45) is 2.04. The molecule has 222 valence electrons. The van der Waals surface area contributed by atoms with E-state index in [9.17, 15) is 0 Å². The molecule has 0 radical (unpaired) electrons. The summed E-state index contributed by atoms with van der Waals surface area (Å²) in [6, 6.07) is 55.6. The van der Waals surface area contributed by atoms with Crippen molar-refractivity contribution in [2.45, 2.75) is 18.8 Å². The number of hydrogen-bond acceptors (Lipinski definition) is 2. The maximum absolute atomic E-state index is 6.58. The topological polar surface area (TPSA) is 13.1 Å². The summed E-state index contributed by atoms with van der Waals surface area (Å²) < 4.78 is 9.23. The first-order chi connectivity index (χ1) is 23.3. The van der Waals surface area contributed by atoms with Crippen LogP contribution in [0.15, 0.2) is 156 Å². The molecule has 1 aliphatic rings. The number of furan rings is 1. The lowest BCUT2D eigenvalue weighted by Gasteiger charge is -2.14. The van der Waals surface area contributed by atoms with Gasteiger partial charge in [-0.15, -0.1) is 11.3 Å². The van der Waals surface area contributed by atoms with Gasteiger partial charge in [0.2, 0.25) is 0 Å². The second-order valence-corrected chi connectivity index (χ2v) is 13.8. The van der Waals surface area contributed by atoms with Gasteiger partial charge in [0.1, 0.15) is 11.2 Å². The zero-order chi connectivity index (χ0) is 30.9. The number of aryl methyl sites for hydroxylation is 1. The van der Waals surface area contributed by atoms with E-state index < -0.39 is 0 Å². The molecule has 0 fully saturated rings. The quantitative estimate of drug-likeness (QED) is 0.187. The van der Waals surface area contributed by atoms with Crippen molar-refractivity contribution in [1.82, 2.24) is 0 Å². The minimum Gasteiger partial charge on any atom is -0.456 e. The highest BCUT2D eigenvalue weighted by Crippen LogP contribution is 2.48. The largest absolute Gasteiger partial charge is 0.456 e. The average molecular weight is 619 g/mol. The fourth-order valence-corrected chi connectivity index (χ4v) is 9.12. The summed E-state index contributed by atoms with van der Waals surface area (Å²) in [7, 11) is 0. The first-order valence-corrected chi connectivity index (χ1v) is 17.3. The summed E-state index contributed by atoms with van der Waals surface area (Å²) in [5, 5.41) is 5.03. The molecule has 0 amide bonds. The third-order valence-electron chi connectivity index (χ3n) is 10.1. The molecule has 0 aliphatic heterocycles. The van der Waals surface area contributed by atoms with Crippen molar-refractivity contribution in [2.24, 2.45) is 0 Å². The number of rotatable bonds is 5. The molecule has 0 saturated carbocycles. The van der Waals surface area contributed by atoms with Crippen LogP contribution in [-0.2, 0) is 6.42 Å². The van der Waals surface area contributed by atoms with Crippen LogP contribution in [0.5, 0.6) is 0 Å². The van der Waals surface area contributed by atoms with Gasteiger partial charge in [-0.25, -0.2) is 0 Å². The van der Waals surface area contributed by atoms with E-state index in [2.05, 4.69) is 152 Å². The van der Waals surface area contributed by atoms with Crippen LogP contribution in [0.1, 0.15) is 29.0 Å². The normalized spacial score (nSPS) is 13.9. The molecular formula is C45H30OS. The molecule has 9 aromatic rings. The highest BCUT2D eigenvalue weighted by Gasteiger charge is 2.28. The molecule has 0 N–H and O–H groups in total. The Morgan fingerprint density at radius 3 is 2.15 bits per heavy atom. The molecule has 47 heavy (non-hydrogen) atoms. The molecule has 0 bridgehead atoms. The highest BCUT2D eigenvalue weighted by atomic mass is 32.1. The van der Waals surface area contributed by atoms with Crippen LogP contribution in [0.4, 0.5) is 0 Å². The van der Waals surface area contributed by atoms with E-state index in [1.165, 1.54) is 81.0 Å². The van der Waals surface area contributed by atoms with Crippen LogP contribution >= 0.6 is 11.3 Å². The van der Waals surface area contributed by atoms with E-state index in [0.29, 0.717) is 5.92 Å². The molecule has 0 saturated heterocycles. The number of thiophene rings is 1. The Bertz CT molecular complexity index is 2640. The van der Waals surface area contributed by atoms with Gasteiger partial charge in [0.15, 0.2) is 0 Å². The standard InChI is InChI=1S/C45H30OS/c1-2-10-29(11-3-1)30-22-25-34-33(31-12-4-5-13-32(31)39(34)27-30)23-20-28-21-24-37-41(26-28)46-40-17-8-15-35(44(37)40)36-16-9-19-43-45(36)38-14-6-7-18-42(38)47-43/h1-19,21-22,24-27,33H,20,23H2/t33-/m0/s1. The van der Waals surface area contributed by atoms with Crippen LogP contribution in [0.3, 0.4) is 0 Å². The molecule has 7 aromatic carbocycles. The Kier molecular flexibility index (Phi) is 6.00. The molecule has 2 aromatic heterocycles. The van der Waals surface area contributed by atoms with Crippen molar-refractivity contribution in [1.29, 1.82) is 0 Å². The fourth-order valence-electron chi connectivity index (χ4n) is 7.99. The molecule has 0 unspecified atom stereocenters. The van der Waals surface area contributed by atoms with Gasteiger partial charge in [-0.1, -0.05) is 121 Å². The second kappa shape index (κ2) is 10.6. The van der Waals surface area contributed by atoms with E-state index in [-0.39, 0.29) is 0 Å². The van der Waals surface area contributed by atoms with Crippen LogP contribution < -0.4 is 0 Å². The van der Waals surface area contributed by atoms with Crippen molar-refractivity contribution in [2.75, 3.05) is 0 Å². The lowest BCUT2D eigenvalue weighted by Crippen LogP contribution is -1.99. The van der Waals surface area contributed by atoms with E-state index in [1.54, 1.807) is 0 Å². The maximum atomic E-state index is 6.58. The summed E-state index contributed by atoms with van der Waals surface area (Å²) in [6.45, 7) is 0. The second-order valence-electron chi connectivity index (χ2n) is 12.7. The minimum atomic E-state index is 0.380. The van der Waals surface area contributed by atoms with Crippen LogP contribution in [0.2, 0.25) is 0 Å². The zero-order valence-corrected chi connectivity index (χ0v) is 26.6. The molecular weight excluding hydrogens is 589 g/mol. The van der Waals surface area contributed by atoms with Crippen molar-refractivity contribution < 1.29 is 4.42 Å². The van der Waals surface area contributed by atoms with Crippen LogP contribution in [0.25, 0.3) is 75.5 Å². The van der Waals surface area contributed by atoms with Crippen molar-refractivity contribution in [3.8, 4) is 33.4 Å². The van der Waals surface area contributed by atoms with Gasteiger partial charge in [0.25, 0.3) is 0 Å². The Morgan fingerprint density at radius 1 is 0.468 bits per heavy atom. The smallest absolute Gasteiger partial charge is 0.136 e. The van der Waals surface area contributed by atoms with Gasteiger partial charge in [-0.2, -0.15) is 0 Å². The minimum absolute atomic E-state index is 0.380. The summed E-state index contributed by atoms with van der Waals surface area (Å²) in [5.41, 5.74) is 13.9. The van der Waals surface area contributed by atoms with E-state index in [0.717, 1.165) is 24.0 Å². The van der Waals surface area contributed by atoms with Crippen LogP contribution in [0, 0.1) is 0 Å². The third-order valence-corrected chi connectivity index (χ3v) is 11.3. The molecule has 0 spiro atoms. The molecule has 1 nitrogen and oxygen atoms in total. The van der Waals surface area contributed by atoms with Gasteiger partial charge in [0.05, 0.1) is 0 Å². The monoisotopic (exact) mass is 618 g/mol. The molecule has 10 rings (SSSR count). The Labute approximate surface area is 277 Å². The molecule has 2 heteroatoms. The first-order valence-electron chi connectivity index (χ1n) is 16.4. The number of benzene rings is 7. The van der Waals surface area contributed by atoms with Crippen molar-refractivity contribution in [3.63, 3.8) is 0 Å². The lowest BCUT2D eigenvalue weighted by molar-refractivity contribution is 0.666. The van der Waals surface area contributed by atoms with Gasteiger partial charge < -0.3 is 4.42 Å². The maximum Gasteiger partial charge on any atom is 0.136 e. The predicted molar refractivity (Wildman–Crippen MR) is 200 cm³/mol. The Hall–Kier alpha value is -5.44. The van der Waals surface area contributed by atoms with Gasteiger partial charge >= 0.3 is 0 Å². The fraction of sp³-hybridized carbons (Fsp3) is 0.0667. The molecule has 1 aliphatic carbocycles. The average Bonchev–Trinajstić information content (AvgIpc) is 3.80. The van der Waals surface area contributed by atoms with E-state index >= 15 is 0 Å². The van der Waals surface area contributed by atoms with Crippen LogP contribution in [-0.4, -0.2) is 0 Å². The molecule has 2 heterocycles. The van der Waals surface area contributed by atoms with Gasteiger partial charge in [-0.3, -0.25) is 0 Å². The van der Waals surface area contributed by atoms with E-state index in [1.807, 2.05) is 11.3 Å².